The average molecular weight is 265 g/mol. The summed E-state index contributed by atoms with van der Waals surface area (Å²) in [5.41, 5.74) is 6.05. The Morgan fingerprint density at radius 3 is 2.63 bits per heavy atom. The summed E-state index contributed by atoms with van der Waals surface area (Å²) in [6.07, 6.45) is 2.71. The van der Waals surface area contributed by atoms with E-state index in [0.717, 1.165) is 24.6 Å². The van der Waals surface area contributed by atoms with Crippen LogP contribution in [-0.2, 0) is 0 Å². The summed E-state index contributed by atoms with van der Waals surface area (Å²) in [6, 6.07) is 2.07. The predicted octanol–water partition coefficient (Wildman–Crippen LogP) is 2.11. The number of nitrogens with one attached hydrogen (secondary N) is 1. The Kier molecular flexibility index (Phi) is 5.54. The van der Waals surface area contributed by atoms with Crippen molar-refractivity contribution in [3.05, 3.63) is 12.4 Å². The van der Waals surface area contributed by atoms with Crippen molar-refractivity contribution in [2.75, 3.05) is 30.4 Å². The van der Waals surface area contributed by atoms with E-state index in [9.17, 15) is 0 Å². The highest BCUT2D eigenvalue weighted by Crippen LogP contribution is 2.20. The van der Waals surface area contributed by atoms with Crippen molar-refractivity contribution in [2.24, 2.45) is 11.1 Å². The van der Waals surface area contributed by atoms with Crippen LogP contribution in [0.5, 0.6) is 0 Å². The van der Waals surface area contributed by atoms with Crippen LogP contribution in [0.4, 0.5) is 11.6 Å². The third kappa shape index (κ3) is 6.38. The second-order valence-electron chi connectivity index (χ2n) is 6.35. The summed E-state index contributed by atoms with van der Waals surface area (Å²) in [6.45, 7) is 10.4. The lowest BCUT2D eigenvalue weighted by Gasteiger charge is -2.24. The zero-order valence-corrected chi connectivity index (χ0v) is 12.8. The van der Waals surface area contributed by atoms with Gasteiger partial charge in [-0.05, 0) is 18.8 Å². The second-order valence-corrected chi connectivity index (χ2v) is 6.35. The van der Waals surface area contributed by atoms with Gasteiger partial charge in [-0.2, -0.15) is 0 Å². The molecule has 0 radical (unpaired) electrons. The molecule has 1 atom stereocenters. The van der Waals surface area contributed by atoms with E-state index in [-0.39, 0.29) is 6.04 Å². The highest BCUT2D eigenvalue weighted by atomic mass is 15.2. The first kappa shape index (κ1) is 15.7. The molecule has 0 aliphatic carbocycles. The number of nitrogens with zero attached hydrogens (tertiary/aromatic N) is 3. The van der Waals surface area contributed by atoms with Gasteiger partial charge in [0.05, 0.1) is 0 Å². The van der Waals surface area contributed by atoms with Crippen molar-refractivity contribution in [1.29, 1.82) is 0 Å². The molecule has 0 aliphatic heterocycles. The summed E-state index contributed by atoms with van der Waals surface area (Å²) in [5.74, 6) is 1.76. The molecule has 1 aromatic rings. The average Bonchev–Trinajstić information content (AvgIpc) is 2.33. The second kappa shape index (κ2) is 6.70. The highest BCUT2D eigenvalue weighted by molar-refractivity contribution is 5.47. The standard InChI is InChI=1S/C14H27N5/c1-11(15)9-16-12-8-13(18-10-17-12)19(5)7-6-14(2,3)4/h8,10-11H,6-7,9,15H2,1-5H3,(H,16,17,18). The Hall–Kier alpha value is -1.36. The van der Waals surface area contributed by atoms with Crippen LogP contribution in [-0.4, -0.2) is 36.1 Å². The number of hydrogen-bond acceptors (Lipinski definition) is 5. The molecule has 1 aromatic heterocycles. The Balaban J connectivity index is 2.60. The molecule has 1 unspecified atom stereocenters. The SMILES string of the molecule is CC(N)CNc1cc(N(C)CCC(C)(C)C)ncn1. The summed E-state index contributed by atoms with van der Waals surface area (Å²) >= 11 is 0. The molecular weight excluding hydrogens is 238 g/mol. The number of aromatic nitrogens is 2. The Bertz CT molecular complexity index is 384. The van der Waals surface area contributed by atoms with E-state index in [1.54, 1.807) is 6.33 Å². The van der Waals surface area contributed by atoms with Gasteiger partial charge < -0.3 is 16.0 Å². The largest absolute Gasteiger partial charge is 0.368 e. The Labute approximate surface area is 116 Å². The molecule has 3 N–H and O–H groups in total. The zero-order chi connectivity index (χ0) is 14.5. The van der Waals surface area contributed by atoms with E-state index < -0.39 is 0 Å². The Morgan fingerprint density at radius 1 is 1.37 bits per heavy atom. The van der Waals surface area contributed by atoms with Gasteiger partial charge in [0.15, 0.2) is 0 Å². The molecule has 5 nitrogen and oxygen atoms in total. The smallest absolute Gasteiger partial charge is 0.133 e. The minimum atomic E-state index is 0.108. The first-order valence-corrected chi connectivity index (χ1v) is 6.80. The molecule has 0 fully saturated rings. The van der Waals surface area contributed by atoms with Gasteiger partial charge in [-0.15, -0.1) is 0 Å². The first-order chi connectivity index (χ1) is 8.78. The molecule has 0 spiro atoms. The minimum Gasteiger partial charge on any atom is -0.368 e. The molecule has 1 rings (SSSR count). The zero-order valence-electron chi connectivity index (χ0n) is 12.8. The van der Waals surface area contributed by atoms with Crippen LogP contribution < -0.4 is 16.0 Å². The Morgan fingerprint density at radius 2 is 2.05 bits per heavy atom. The molecule has 0 saturated heterocycles. The summed E-state index contributed by atoms with van der Waals surface area (Å²) in [7, 11) is 2.06. The molecule has 5 heteroatoms. The van der Waals surface area contributed by atoms with Gasteiger partial charge in [-0.3, -0.25) is 0 Å². The van der Waals surface area contributed by atoms with E-state index in [0.29, 0.717) is 12.0 Å². The fraction of sp³-hybridized carbons (Fsp3) is 0.714. The minimum absolute atomic E-state index is 0.108. The molecule has 0 aliphatic rings. The lowest BCUT2D eigenvalue weighted by atomic mass is 9.92. The van der Waals surface area contributed by atoms with Gasteiger partial charge in [0.1, 0.15) is 18.0 Å². The van der Waals surface area contributed by atoms with Gasteiger partial charge in [-0.1, -0.05) is 20.8 Å². The third-order valence-corrected chi connectivity index (χ3v) is 2.85. The predicted molar refractivity (Wildman–Crippen MR) is 81.5 cm³/mol. The van der Waals surface area contributed by atoms with Crippen LogP contribution in [0.15, 0.2) is 12.4 Å². The van der Waals surface area contributed by atoms with Crippen molar-refractivity contribution in [2.45, 2.75) is 40.2 Å². The van der Waals surface area contributed by atoms with Crippen molar-refractivity contribution in [3.63, 3.8) is 0 Å². The van der Waals surface area contributed by atoms with Crippen molar-refractivity contribution in [3.8, 4) is 0 Å². The molecular formula is C14H27N5. The van der Waals surface area contributed by atoms with Crippen LogP contribution in [0.2, 0.25) is 0 Å². The van der Waals surface area contributed by atoms with Crippen molar-refractivity contribution >= 4 is 11.6 Å². The van der Waals surface area contributed by atoms with Crippen LogP contribution in [0.3, 0.4) is 0 Å². The monoisotopic (exact) mass is 265 g/mol. The third-order valence-electron chi connectivity index (χ3n) is 2.85. The summed E-state index contributed by atoms with van der Waals surface area (Å²) < 4.78 is 0. The molecule has 108 valence electrons. The van der Waals surface area contributed by atoms with Crippen LogP contribution in [0.25, 0.3) is 0 Å². The van der Waals surface area contributed by atoms with Crippen LogP contribution in [0, 0.1) is 5.41 Å². The molecule has 0 aromatic carbocycles. The molecule has 0 bridgehead atoms. The number of rotatable bonds is 6. The van der Waals surface area contributed by atoms with Gasteiger partial charge in [-0.25, -0.2) is 9.97 Å². The molecule has 1 heterocycles. The highest BCUT2D eigenvalue weighted by Gasteiger charge is 2.12. The maximum Gasteiger partial charge on any atom is 0.133 e. The fourth-order valence-electron chi connectivity index (χ4n) is 1.54. The van der Waals surface area contributed by atoms with E-state index in [1.807, 2.05) is 13.0 Å². The fourth-order valence-corrected chi connectivity index (χ4v) is 1.54. The van der Waals surface area contributed by atoms with Crippen molar-refractivity contribution in [1.82, 2.24) is 9.97 Å². The molecule has 19 heavy (non-hydrogen) atoms. The van der Waals surface area contributed by atoms with Gasteiger partial charge >= 0.3 is 0 Å². The maximum absolute atomic E-state index is 5.72. The molecule has 0 saturated carbocycles. The van der Waals surface area contributed by atoms with E-state index in [2.05, 4.69) is 48.0 Å². The topological polar surface area (TPSA) is 67.1 Å². The van der Waals surface area contributed by atoms with E-state index in [1.165, 1.54) is 0 Å². The number of nitrogens with two attached hydrogens (primary N) is 1. The van der Waals surface area contributed by atoms with Crippen LogP contribution in [0.1, 0.15) is 34.1 Å². The lowest BCUT2D eigenvalue weighted by molar-refractivity contribution is 0.381. The van der Waals surface area contributed by atoms with Gasteiger partial charge in [0.25, 0.3) is 0 Å². The summed E-state index contributed by atoms with van der Waals surface area (Å²) in [4.78, 5) is 10.7. The maximum atomic E-state index is 5.72. The van der Waals surface area contributed by atoms with Gasteiger partial charge in [0.2, 0.25) is 0 Å². The lowest BCUT2D eigenvalue weighted by Crippen LogP contribution is -2.26. The van der Waals surface area contributed by atoms with E-state index >= 15 is 0 Å². The quantitative estimate of drug-likeness (QED) is 0.824. The summed E-state index contributed by atoms with van der Waals surface area (Å²) in [5, 5.41) is 3.21. The van der Waals surface area contributed by atoms with Gasteiger partial charge in [0, 0.05) is 32.2 Å². The number of anilines is 2. The van der Waals surface area contributed by atoms with E-state index in [4.69, 9.17) is 5.73 Å². The first-order valence-electron chi connectivity index (χ1n) is 6.80. The van der Waals surface area contributed by atoms with Crippen molar-refractivity contribution < 1.29 is 0 Å². The van der Waals surface area contributed by atoms with Crippen LogP contribution >= 0.6 is 0 Å². The molecule has 0 amide bonds. The normalized spacial score (nSPS) is 13.2. The number of hydrogen-bond donors (Lipinski definition) is 2.